The fraction of sp³-hybridized carbons (Fsp3) is 0.333. The van der Waals surface area contributed by atoms with Gasteiger partial charge in [-0.1, -0.05) is 17.7 Å². The number of carbonyl (C=O) groups excluding carboxylic acids is 1. The Morgan fingerprint density at radius 3 is 2.58 bits per heavy atom. The van der Waals surface area contributed by atoms with Crippen molar-refractivity contribution in [1.29, 1.82) is 0 Å². The molecule has 19 heavy (non-hydrogen) atoms. The lowest BCUT2D eigenvalue weighted by molar-refractivity contribution is -0.155. The number of urea groups is 1. The zero-order valence-corrected chi connectivity index (χ0v) is 11.3. The number of hydrogen-bond donors (Lipinski definition) is 4. The molecule has 0 saturated heterocycles. The minimum Gasteiger partial charge on any atom is -0.479 e. The highest BCUT2D eigenvalue weighted by molar-refractivity contribution is 6.31. The Kier molecular flexibility index (Phi) is 4.74. The van der Waals surface area contributed by atoms with Gasteiger partial charge in [0.2, 0.25) is 0 Å². The molecule has 0 spiro atoms. The number of halogens is 1. The van der Waals surface area contributed by atoms with Crippen molar-refractivity contribution in [3.63, 3.8) is 0 Å². The average molecular weight is 287 g/mol. The van der Waals surface area contributed by atoms with Crippen LogP contribution in [-0.4, -0.2) is 34.4 Å². The Hall–Kier alpha value is -1.79. The van der Waals surface area contributed by atoms with Gasteiger partial charge in [0.05, 0.1) is 6.54 Å². The molecule has 0 heterocycles. The summed E-state index contributed by atoms with van der Waals surface area (Å²) in [4.78, 5) is 22.1. The number of rotatable bonds is 4. The van der Waals surface area contributed by atoms with Gasteiger partial charge >= 0.3 is 12.0 Å². The second-order valence-corrected chi connectivity index (χ2v) is 4.76. The van der Waals surface area contributed by atoms with Gasteiger partial charge in [0.15, 0.2) is 5.60 Å². The molecule has 1 aromatic rings. The van der Waals surface area contributed by atoms with E-state index in [1.165, 1.54) is 0 Å². The van der Waals surface area contributed by atoms with E-state index in [0.717, 1.165) is 12.5 Å². The summed E-state index contributed by atoms with van der Waals surface area (Å²) < 4.78 is 0. The van der Waals surface area contributed by atoms with Crippen LogP contribution in [0, 0.1) is 6.92 Å². The van der Waals surface area contributed by atoms with Crippen LogP contribution >= 0.6 is 11.6 Å². The fourth-order valence-electron chi connectivity index (χ4n) is 1.17. The Labute approximate surface area is 115 Å². The molecule has 104 valence electrons. The van der Waals surface area contributed by atoms with Gasteiger partial charge < -0.3 is 20.8 Å². The summed E-state index contributed by atoms with van der Waals surface area (Å²) in [7, 11) is 0. The molecule has 7 heteroatoms. The number of aliphatic carboxylic acids is 1. The summed E-state index contributed by atoms with van der Waals surface area (Å²) in [6.45, 7) is 2.52. The van der Waals surface area contributed by atoms with Crippen LogP contribution in [0.2, 0.25) is 5.02 Å². The van der Waals surface area contributed by atoms with Crippen molar-refractivity contribution in [2.24, 2.45) is 0 Å². The van der Waals surface area contributed by atoms with Crippen LogP contribution in [0.1, 0.15) is 12.5 Å². The summed E-state index contributed by atoms with van der Waals surface area (Å²) in [5.41, 5.74) is -0.660. The minimum atomic E-state index is -2.01. The number of carboxylic acids is 1. The Morgan fingerprint density at radius 2 is 2.05 bits per heavy atom. The van der Waals surface area contributed by atoms with Gasteiger partial charge in [-0.25, -0.2) is 9.59 Å². The van der Waals surface area contributed by atoms with Crippen LogP contribution in [0.25, 0.3) is 0 Å². The smallest absolute Gasteiger partial charge is 0.337 e. The molecule has 0 radical (unpaired) electrons. The second-order valence-electron chi connectivity index (χ2n) is 4.35. The SMILES string of the molecule is Cc1ccc(NC(=O)NCC(C)(O)C(=O)O)cc1Cl. The molecule has 2 amide bonds. The molecule has 0 aliphatic carbocycles. The van der Waals surface area contributed by atoms with Gasteiger partial charge in [-0.05, 0) is 31.5 Å². The first-order valence-corrected chi connectivity index (χ1v) is 5.87. The molecule has 1 atom stereocenters. The highest BCUT2D eigenvalue weighted by atomic mass is 35.5. The summed E-state index contributed by atoms with van der Waals surface area (Å²) in [6.07, 6.45) is 0. The van der Waals surface area contributed by atoms with E-state index in [9.17, 15) is 14.7 Å². The zero-order valence-electron chi connectivity index (χ0n) is 10.5. The van der Waals surface area contributed by atoms with Crippen LogP contribution in [0.15, 0.2) is 18.2 Å². The maximum Gasteiger partial charge on any atom is 0.337 e. The number of carboxylic acid groups (broad SMARTS) is 1. The largest absolute Gasteiger partial charge is 0.479 e. The molecule has 0 fully saturated rings. The van der Waals surface area contributed by atoms with Gasteiger partial charge in [0.25, 0.3) is 0 Å². The van der Waals surface area contributed by atoms with Crippen molar-refractivity contribution in [3.8, 4) is 0 Å². The number of carbonyl (C=O) groups is 2. The van der Waals surface area contributed by atoms with E-state index in [1.807, 2.05) is 6.92 Å². The lowest BCUT2D eigenvalue weighted by atomic mass is 10.1. The summed E-state index contributed by atoms with van der Waals surface area (Å²) >= 11 is 5.90. The molecule has 0 saturated carbocycles. The second kappa shape index (κ2) is 5.90. The highest BCUT2D eigenvalue weighted by Gasteiger charge is 2.30. The van der Waals surface area contributed by atoms with Crippen molar-refractivity contribution in [1.82, 2.24) is 5.32 Å². The quantitative estimate of drug-likeness (QED) is 0.676. The van der Waals surface area contributed by atoms with Crippen LogP contribution in [0.3, 0.4) is 0 Å². The standard InChI is InChI=1S/C12H15ClN2O4/c1-7-3-4-8(5-9(7)13)15-11(18)14-6-12(2,19)10(16)17/h3-5,19H,6H2,1-2H3,(H,16,17)(H2,14,15,18). The molecular formula is C12H15ClN2O4. The van der Waals surface area contributed by atoms with Crippen LogP contribution in [0.5, 0.6) is 0 Å². The molecule has 0 aliphatic rings. The number of benzene rings is 1. The number of nitrogens with one attached hydrogen (secondary N) is 2. The fourth-order valence-corrected chi connectivity index (χ4v) is 1.35. The predicted molar refractivity (Wildman–Crippen MR) is 71.5 cm³/mol. The molecule has 0 bridgehead atoms. The lowest BCUT2D eigenvalue weighted by Crippen LogP contribution is -2.47. The number of amides is 2. The van der Waals surface area contributed by atoms with Crippen LogP contribution < -0.4 is 10.6 Å². The zero-order chi connectivity index (χ0) is 14.6. The first kappa shape index (κ1) is 15.3. The van der Waals surface area contributed by atoms with Gasteiger partial charge in [0, 0.05) is 10.7 Å². The molecule has 0 aliphatic heterocycles. The maximum atomic E-state index is 11.5. The van der Waals surface area contributed by atoms with E-state index in [1.54, 1.807) is 18.2 Å². The average Bonchev–Trinajstić information content (AvgIpc) is 2.31. The number of hydrogen-bond acceptors (Lipinski definition) is 3. The summed E-state index contributed by atoms with van der Waals surface area (Å²) in [6, 6.07) is 4.36. The molecule has 4 N–H and O–H groups in total. The molecule has 1 aromatic carbocycles. The minimum absolute atomic E-state index is 0.409. The summed E-state index contributed by atoms with van der Waals surface area (Å²) in [5.74, 6) is -1.41. The van der Waals surface area contributed by atoms with E-state index in [2.05, 4.69) is 10.6 Å². The monoisotopic (exact) mass is 286 g/mol. The topological polar surface area (TPSA) is 98.7 Å². The van der Waals surface area contributed by atoms with Crippen LogP contribution in [-0.2, 0) is 4.79 Å². The van der Waals surface area contributed by atoms with E-state index in [0.29, 0.717) is 10.7 Å². The maximum absolute atomic E-state index is 11.5. The molecule has 0 aromatic heterocycles. The van der Waals surface area contributed by atoms with Crippen molar-refractivity contribution in [2.75, 3.05) is 11.9 Å². The van der Waals surface area contributed by atoms with Crippen LogP contribution in [0.4, 0.5) is 10.5 Å². The Morgan fingerprint density at radius 1 is 1.42 bits per heavy atom. The third kappa shape index (κ3) is 4.42. The molecule has 6 nitrogen and oxygen atoms in total. The molecular weight excluding hydrogens is 272 g/mol. The first-order valence-electron chi connectivity index (χ1n) is 5.49. The third-order valence-corrected chi connectivity index (χ3v) is 2.89. The van der Waals surface area contributed by atoms with Crippen molar-refractivity contribution < 1.29 is 19.8 Å². The number of anilines is 1. The highest BCUT2D eigenvalue weighted by Crippen LogP contribution is 2.19. The number of aliphatic hydroxyl groups is 1. The van der Waals surface area contributed by atoms with Crippen molar-refractivity contribution in [2.45, 2.75) is 19.4 Å². The van der Waals surface area contributed by atoms with E-state index in [-0.39, 0.29) is 0 Å². The summed E-state index contributed by atoms with van der Waals surface area (Å²) in [5, 5.41) is 23.4. The lowest BCUT2D eigenvalue weighted by Gasteiger charge is -2.18. The van der Waals surface area contributed by atoms with Crippen molar-refractivity contribution >= 4 is 29.3 Å². The van der Waals surface area contributed by atoms with Gasteiger partial charge in [0.1, 0.15) is 0 Å². The van der Waals surface area contributed by atoms with Gasteiger partial charge in [-0.2, -0.15) is 0 Å². The third-order valence-electron chi connectivity index (χ3n) is 2.48. The van der Waals surface area contributed by atoms with Gasteiger partial charge in [-0.3, -0.25) is 0 Å². The first-order chi connectivity index (χ1) is 8.72. The van der Waals surface area contributed by atoms with E-state index in [4.69, 9.17) is 16.7 Å². The normalized spacial score (nSPS) is 13.5. The van der Waals surface area contributed by atoms with Gasteiger partial charge in [-0.15, -0.1) is 0 Å². The molecule has 1 rings (SSSR count). The molecule has 1 unspecified atom stereocenters. The van der Waals surface area contributed by atoms with E-state index >= 15 is 0 Å². The Bertz CT molecular complexity index is 503. The predicted octanol–water partition coefficient (Wildman–Crippen LogP) is 1.61. The van der Waals surface area contributed by atoms with E-state index < -0.39 is 24.1 Å². The number of aryl methyl sites for hydroxylation is 1. The van der Waals surface area contributed by atoms with Crippen molar-refractivity contribution in [3.05, 3.63) is 28.8 Å². The Balaban J connectivity index is 2.56.